The van der Waals surface area contributed by atoms with Gasteiger partial charge in [-0.1, -0.05) is 19.1 Å². The summed E-state index contributed by atoms with van der Waals surface area (Å²) in [6.07, 6.45) is -2.35. The Bertz CT molecular complexity index is 1470. The van der Waals surface area contributed by atoms with E-state index in [1.165, 1.54) is 31.5 Å². The number of rotatable bonds is 4. The molecule has 4 rings (SSSR count). The van der Waals surface area contributed by atoms with Crippen LogP contribution in [-0.4, -0.2) is 38.7 Å². The monoisotopic (exact) mass is 458 g/mol. The number of benzene rings is 1. The van der Waals surface area contributed by atoms with Gasteiger partial charge >= 0.3 is 6.18 Å². The second-order valence-corrected chi connectivity index (χ2v) is 8.90. The quantitative estimate of drug-likeness (QED) is 0.460. The molecule has 0 radical (unpaired) electrons. The maximum absolute atomic E-state index is 12.9. The van der Waals surface area contributed by atoms with Crippen LogP contribution in [0.2, 0.25) is 0 Å². The van der Waals surface area contributed by atoms with Gasteiger partial charge in [-0.25, -0.2) is 22.9 Å². The van der Waals surface area contributed by atoms with E-state index in [0.717, 1.165) is 4.52 Å². The fraction of sp³-hybridized carbons (Fsp3) is 0.150. The molecule has 0 amide bonds. The van der Waals surface area contributed by atoms with E-state index in [-0.39, 0.29) is 27.7 Å². The van der Waals surface area contributed by atoms with Gasteiger partial charge in [0.25, 0.3) is 11.6 Å². The standard InChI is InChI=1S/C20H13F3N6O2S/c1-2-32(30,31)16-8-7-15(13-5-3-12(9-24)4-6-13)26-17(16)14-10-25-19-27-18(20(21,22)23)28-29(19)11-14/h3-8,10-11H,2H2,1H3. The zero-order valence-corrected chi connectivity index (χ0v) is 17.2. The minimum atomic E-state index is -4.75. The summed E-state index contributed by atoms with van der Waals surface area (Å²) in [6, 6.07) is 11.4. The van der Waals surface area contributed by atoms with Crippen LogP contribution < -0.4 is 0 Å². The molecular formula is C20H13F3N6O2S. The van der Waals surface area contributed by atoms with E-state index in [1.54, 1.807) is 24.3 Å². The van der Waals surface area contributed by atoms with Gasteiger partial charge < -0.3 is 0 Å². The van der Waals surface area contributed by atoms with Gasteiger partial charge in [0.1, 0.15) is 0 Å². The first kappa shape index (κ1) is 21.4. The molecule has 0 bridgehead atoms. The van der Waals surface area contributed by atoms with E-state index in [2.05, 4.69) is 20.1 Å². The Labute approximate surface area is 179 Å². The Balaban J connectivity index is 1.91. The SMILES string of the molecule is CCS(=O)(=O)c1ccc(-c2ccc(C#N)cc2)nc1-c1cnc2nc(C(F)(F)F)nn2c1. The molecule has 4 aromatic rings. The van der Waals surface area contributed by atoms with Crippen molar-refractivity contribution in [1.29, 1.82) is 5.26 Å². The molecule has 0 N–H and O–H groups in total. The fourth-order valence-electron chi connectivity index (χ4n) is 2.96. The molecule has 0 aliphatic heterocycles. The Hall–Kier alpha value is -3.85. The summed E-state index contributed by atoms with van der Waals surface area (Å²) in [5, 5.41) is 12.4. The van der Waals surface area contributed by atoms with Crippen LogP contribution in [0.15, 0.2) is 53.7 Å². The lowest BCUT2D eigenvalue weighted by atomic mass is 10.1. The van der Waals surface area contributed by atoms with E-state index in [0.29, 0.717) is 16.8 Å². The third-order valence-electron chi connectivity index (χ3n) is 4.60. The first-order valence-electron chi connectivity index (χ1n) is 9.16. The molecular weight excluding hydrogens is 445 g/mol. The lowest BCUT2D eigenvalue weighted by Crippen LogP contribution is -2.08. The van der Waals surface area contributed by atoms with Gasteiger partial charge in [0.15, 0.2) is 9.84 Å². The number of hydrogen-bond acceptors (Lipinski definition) is 7. The van der Waals surface area contributed by atoms with E-state index in [1.807, 2.05) is 6.07 Å². The highest BCUT2D eigenvalue weighted by molar-refractivity contribution is 7.91. The number of alkyl halides is 3. The van der Waals surface area contributed by atoms with Gasteiger partial charge in [0, 0.05) is 23.5 Å². The maximum atomic E-state index is 12.9. The Kier molecular flexibility index (Phi) is 5.14. The van der Waals surface area contributed by atoms with E-state index < -0.39 is 21.8 Å². The Morgan fingerprint density at radius 2 is 1.78 bits per heavy atom. The van der Waals surface area contributed by atoms with Crippen molar-refractivity contribution in [1.82, 2.24) is 24.6 Å². The lowest BCUT2D eigenvalue weighted by molar-refractivity contribution is -0.144. The minimum absolute atomic E-state index is 0.0205. The average Bonchev–Trinajstić information content (AvgIpc) is 3.23. The molecule has 0 saturated carbocycles. The van der Waals surface area contributed by atoms with Crippen molar-refractivity contribution in [3.05, 3.63) is 60.2 Å². The molecule has 12 heteroatoms. The van der Waals surface area contributed by atoms with Gasteiger partial charge in [0.05, 0.1) is 33.7 Å². The van der Waals surface area contributed by atoms with Crippen LogP contribution in [0.25, 0.3) is 28.3 Å². The third-order valence-corrected chi connectivity index (χ3v) is 6.36. The number of pyridine rings is 1. The average molecular weight is 458 g/mol. The first-order chi connectivity index (χ1) is 15.1. The van der Waals surface area contributed by atoms with Crippen molar-refractivity contribution in [2.24, 2.45) is 0 Å². The summed E-state index contributed by atoms with van der Waals surface area (Å²) >= 11 is 0. The van der Waals surface area contributed by atoms with Crippen molar-refractivity contribution in [2.45, 2.75) is 18.0 Å². The second-order valence-electron chi connectivity index (χ2n) is 6.66. The smallest absolute Gasteiger partial charge is 0.246 e. The highest BCUT2D eigenvalue weighted by Crippen LogP contribution is 2.31. The van der Waals surface area contributed by atoms with Crippen molar-refractivity contribution in [3.63, 3.8) is 0 Å². The highest BCUT2D eigenvalue weighted by atomic mass is 32.2. The number of nitrogens with zero attached hydrogens (tertiary/aromatic N) is 6. The molecule has 0 unspecified atom stereocenters. The molecule has 1 aromatic carbocycles. The topological polar surface area (TPSA) is 114 Å². The highest BCUT2D eigenvalue weighted by Gasteiger charge is 2.36. The summed E-state index contributed by atoms with van der Waals surface area (Å²) in [7, 11) is -3.72. The predicted octanol–water partition coefficient (Wildman–Crippen LogP) is 3.54. The van der Waals surface area contributed by atoms with Crippen LogP contribution in [0, 0.1) is 11.3 Å². The van der Waals surface area contributed by atoms with Crippen molar-refractivity contribution >= 4 is 15.6 Å². The minimum Gasteiger partial charge on any atom is -0.246 e. The lowest BCUT2D eigenvalue weighted by Gasteiger charge is -2.11. The van der Waals surface area contributed by atoms with E-state index >= 15 is 0 Å². The number of aromatic nitrogens is 5. The van der Waals surface area contributed by atoms with Crippen LogP contribution in [0.3, 0.4) is 0 Å². The van der Waals surface area contributed by atoms with Gasteiger partial charge in [-0.2, -0.15) is 23.4 Å². The maximum Gasteiger partial charge on any atom is 0.453 e. The zero-order chi connectivity index (χ0) is 23.1. The fourth-order valence-corrected chi connectivity index (χ4v) is 4.00. The zero-order valence-electron chi connectivity index (χ0n) is 16.4. The molecule has 0 atom stereocenters. The van der Waals surface area contributed by atoms with Gasteiger partial charge in [-0.3, -0.25) is 0 Å². The summed E-state index contributed by atoms with van der Waals surface area (Å²) in [4.78, 5) is 11.6. The molecule has 0 saturated heterocycles. The molecule has 162 valence electrons. The summed E-state index contributed by atoms with van der Waals surface area (Å²) < 4.78 is 64.9. The van der Waals surface area contributed by atoms with Gasteiger partial charge in [-0.05, 0) is 24.3 Å². The molecule has 0 spiro atoms. The van der Waals surface area contributed by atoms with Crippen LogP contribution in [-0.2, 0) is 16.0 Å². The number of nitriles is 1. The normalized spacial score (nSPS) is 12.1. The summed E-state index contributed by atoms with van der Waals surface area (Å²) in [5.74, 6) is -1.85. The van der Waals surface area contributed by atoms with Crippen molar-refractivity contribution < 1.29 is 21.6 Å². The largest absolute Gasteiger partial charge is 0.453 e. The van der Waals surface area contributed by atoms with Crippen LogP contribution >= 0.6 is 0 Å². The van der Waals surface area contributed by atoms with E-state index in [4.69, 9.17) is 5.26 Å². The molecule has 8 nitrogen and oxygen atoms in total. The van der Waals surface area contributed by atoms with Crippen LogP contribution in [0.1, 0.15) is 18.3 Å². The molecule has 0 aliphatic rings. The summed E-state index contributed by atoms with van der Waals surface area (Å²) in [5.41, 5.74) is 1.65. The number of halogens is 3. The molecule has 32 heavy (non-hydrogen) atoms. The summed E-state index contributed by atoms with van der Waals surface area (Å²) in [6.45, 7) is 1.47. The third kappa shape index (κ3) is 3.90. The van der Waals surface area contributed by atoms with Crippen molar-refractivity contribution in [3.8, 4) is 28.6 Å². The molecule has 3 heterocycles. The number of hydrogen-bond donors (Lipinski definition) is 0. The van der Waals surface area contributed by atoms with Crippen LogP contribution in [0.4, 0.5) is 13.2 Å². The Morgan fingerprint density at radius 3 is 2.41 bits per heavy atom. The predicted molar refractivity (Wildman–Crippen MR) is 107 cm³/mol. The second kappa shape index (κ2) is 7.69. The molecule has 0 fully saturated rings. The molecule has 3 aromatic heterocycles. The molecule has 0 aliphatic carbocycles. The van der Waals surface area contributed by atoms with Gasteiger partial charge in [-0.15, -0.1) is 5.10 Å². The van der Waals surface area contributed by atoms with Crippen molar-refractivity contribution in [2.75, 3.05) is 5.75 Å². The first-order valence-corrected chi connectivity index (χ1v) is 10.8. The number of sulfone groups is 1. The van der Waals surface area contributed by atoms with Crippen LogP contribution in [0.5, 0.6) is 0 Å². The van der Waals surface area contributed by atoms with Gasteiger partial charge in [0.2, 0.25) is 0 Å². The number of fused-ring (bicyclic) bond motifs is 1. The van der Waals surface area contributed by atoms with E-state index in [9.17, 15) is 21.6 Å². The Morgan fingerprint density at radius 1 is 1.06 bits per heavy atom.